The fourth-order valence-corrected chi connectivity index (χ4v) is 3.72. The van der Waals surface area contributed by atoms with E-state index in [9.17, 15) is 8.42 Å². The molecule has 20 heavy (non-hydrogen) atoms. The molecule has 1 aromatic heterocycles. The van der Waals surface area contributed by atoms with Gasteiger partial charge in [-0.1, -0.05) is 26.7 Å². The Morgan fingerprint density at radius 3 is 2.20 bits per heavy atom. The predicted molar refractivity (Wildman–Crippen MR) is 79.8 cm³/mol. The molecule has 0 aliphatic heterocycles. The second kappa shape index (κ2) is 7.75. The lowest BCUT2D eigenvalue weighted by Crippen LogP contribution is -2.34. The van der Waals surface area contributed by atoms with Gasteiger partial charge in [-0.25, -0.2) is 8.42 Å². The number of rotatable bonds is 9. The number of nitrogens with two attached hydrogens (primary N) is 1. The number of aryl methyl sites for hydroxylation is 1. The zero-order chi connectivity index (χ0) is 15.2. The Morgan fingerprint density at radius 2 is 1.75 bits per heavy atom. The molecule has 0 spiro atoms. The topological polar surface area (TPSA) is 92.1 Å². The van der Waals surface area contributed by atoms with Crippen LogP contribution in [0.2, 0.25) is 0 Å². The standard InChI is InChI=1S/C13H26N4O2S/c1-4-6-8-17(9-7-5-2)20(18,19)13-12(10-14)11(3)15-16-13/h4-10,14H2,1-3H3,(H,15,16). The third-order valence-electron chi connectivity index (χ3n) is 3.35. The molecule has 0 amide bonds. The smallest absolute Gasteiger partial charge is 0.262 e. The van der Waals surface area contributed by atoms with E-state index in [1.165, 1.54) is 4.31 Å². The monoisotopic (exact) mass is 302 g/mol. The lowest BCUT2D eigenvalue weighted by atomic mass is 10.3. The molecule has 0 saturated carbocycles. The molecule has 0 saturated heterocycles. The van der Waals surface area contributed by atoms with Gasteiger partial charge < -0.3 is 5.73 Å². The highest BCUT2D eigenvalue weighted by Gasteiger charge is 2.29. The maximum atomic E-state index is 12.7. The van der Waals surface area contributed by atoms with Crippen LogP contribution in [0.4, 0.5) is 0 Å². The molecule has 0 fully saturated rings. The van der Waals surface area contributed by atoms with Crippen LogP contribution in [0.15, 0.2) is 5.03 Å². The summed E-state index contributed by atoms with van der Waals surface area (Å²) in [5, 5.41) is 6.77. The molecule has 0 atom stereocenters. The van der Waals surface area contributed by atoms with Crippen molar-refractivity contribution < 1.29 is 8.42 Å². The van der Waals surface area contributed by atoms with E-state index in [4.69, 9.17) is 5.73 Å². The maximum absolute atomic E-state index is 12.7. The lowest BCUT2D eigenvalue weighted by molar-refractivity contribution is 0.393. The summed E-state index contributed by atoms with van der Waals surface area (Å²) in [5.74, 6) is 0. The first-order valence-corrected chi connectivity index (χ1v) is 8.67. The first kappa shape index (κ1) is 17.1. The Hall–Kier alpha value is -0.920. The Bertz CT molecular complexity index is 502. The summed E-state index contributed by atoms with van der Waals surface area (Å²) in [7, 11) is -3.56. The highest BCUT2D eigenvalue weighted by molar-refractivity contribution is 7.89. The van der Waals surface area contributed by atoms with Crippen molar-refractivity contribution in [3.05, 3.63) is 11.3 Å². The van der Waals surface area contributed by atoms with Crippen LogP contribution in [0, 0.1) is 6.92 Å². The molecule has 1 rings (SSSR count). The molecule has 1 aromatic rings. The van der Waals surface area contributed by atoms with Crippen LogP contribution in [-0.2, 0) is 16.6 Å². The van der Waals surface area contributed by atoms with Crippen molar-refractivity contribution in [2.45, 2.75) is 58.0 Å². The van der Waals surface area contributed by atoms with Gasteiger partial charge in [-0.2, -0.15) is 9.40 Å². The second-order valence-corrected chi connectivity index (χ2v) is 6.80. The Balaban J connectivity index is 3.07. The van der Waals surface area contributed by atoms with Gasteiger partial charge in [0.25, 0.3) is 10.0 Å². The van der Waals surface area contributed by atoms with E-state index in [2.05, 4.69) is 24.0 Å². The third kappa shape index (κ3) is 3.80. The van der Waals surface area contributed by atoms with Gasteiger partial charge in [0.15, 0.2) is 5.03 Å². The Kier molecular flexibility index (Phi) is 6.64. The average Bonchev–Trinajstić information content (AvgIpc) is 2.80. The number of aromatic nitrogens is 2. The molecule has 0 unspecified atom stereocenters. The van der Waals surface area contributed by atoms with Gasteiger partial charge in [-0.3, -0.25) is 5.10 Å². The lowest BCUT2D eigenvalue weighted by Gasteiger charge is -2.21. The summed E-state index contributed by atoms with van der Waals surface area (Å²) < 4.78 is 27.0. The summed E-state index contributed by atoms with van der Waals surface area (Å²) in [6.45, 7) is 7.13. The van der Waals surface area contributed by atoms with E-state index < -0.39 is 10.0 Å². The minimum atomic E-state index is -3.56. The molecular formula is C13H26N4O2S. The summed E-state index contributed by atoms with van der Waals surface area (Å²) in [5.41, 5.74) is 6.96. The summed E-state index contributed by atoms with van der Waals surface area (Å²) in [6.07, 6.45) is 3.62. The number of unbranched alkanes of at least 4 members (excludes halogenated alkanes) is 2. The van der Waals surface area contributed by atoms with E-state index in [-0.39, 0.29) is 11.6 Å². The van der Waals surface area contributed by atoms with Crippen LogP contribution in [0.3, 0.4) is 0 Å². The summed E-state index contributed by atoms with van der Waals surface area (Å²) >= 11 is 0. The molecule has 6 nitrogen and oxygen atoms in total. The molecular weight excluding hydrogens is 276 g/mol. The number of nitrogens with zero attached hydrogens (tertiary/aromatic N) is 2. The fraction of sp³-hybridized carbons (Fsp3) is 0.769. The van der Waals surface area contributed by atoms with Gasteiger partial charge >= 0.3 is 0 Å². The molecule has 1 heterocycles. The van der Waals surface area contributed by atoms with Gasteiger partial charge in [0.2, 0.25) is 0 Å². The van der Waals surface area contributed by atoms with Crippen molar-refractivity contribution in [1.29, 1.82) is 0 Å². The van der Waals surface area contributed by atoms with E-state index in [0.29, 0.717) is 18.7 Å². The quantitative estimate of drug-likeness (QED) is 0.727. The number of nitrogens with one attached hydrogen (secondary N) is 1. The Labute approximate surface area is 121 Å². The van der Waals surface area contributed by atoms with Crippen LogP contribution in [0.5, 0.6) is 0 Å². The second-order valence-electron chi connectivity index (χ2n) is 4.95. The molecule has 0 aliphatic carbocycles. The minimum absolute atomic E-state index is 0.0877. The van der Waals surface area contributed by atoms with E-state index in [1.807, 2.05) is 0 Å². The van der Waals surface area contributed by atoms with Gasteiger partial charge in [-0.05, 0) is 19.8 Å². The SMILES string of the molecule is CCCCN(CCCC)S(=O)(=O)c1n[nH]c(C)c1CN. The number of hydrogen-bond donors (Lipinski definition) is 2. The van der Waals surface area contributed by atoms with Crippen LogP contribution in [0.25, 0.3) is 0 Å². The predicted octanol–water partition coefficient (Wildman–Crippen LogP) is 1.77. The molecule has 0 bridgehead atoms. The van der Waals surface area contributed by atoms with Gasteiger partial charge in [0.05, 0.1) is 0 Å². The number of H-pyrrole nitrogens is 1. The normalized spacial score (nSPS) is 12.2. The highest BCUT2D eigenvalue weighted by Crippen LogP contribution is 2.21. The van der Waals surface area contributed by atoms with Gasteiger partial charge in [0.1, 0.15) is 0 Å². The van der Waals surface area contributed by atoms with E-state index in [1.54, 1.807) is 6.92 Å². The van der Waals surface area contributed by atoms with Crippen molar-refractivity contribution in [2.24, 2.45) is 5.73 Å². The van der Waals surface area contributed by atoms with Gasteiger partial charge in [-0.15, -0.1) is 0 Å². The van der Waals surface area contributed by atoms with E-state index >= 15 is 0 Å². The summed E-state index contributed by atoms with van der Waals surface area (Å²) in [6, 6.07) is 0. The number of sulfonamides is 1. The molecule has 3 N–H and O–H groups in total. The van der Waals surface area contributed by atoms with Crippen molar-refractivity contribution in [3.8, 4) is 0 Å². The van der Waals surface area contributed by atoms with Crippen molar-refractivity contribution in [1.82, 2.24) is 14.5 Å². The first-order valence-electron chi connectivity index (χ1n) is 7.23. The average molecular weight is 302 g/mol. The molecule has 0 radical (unpaired) electrons. The molecule has 7 heteroatoms. The summed E-state index contributed by atoms with van der Waals surface area (Å²) in [4.78, 5) is 0. The molecule has 116 valence electrons. The van der Waals surface area contributed by atoms with Crippen LogP contribution in [0.1, 0.15) is 50.8 Å². The fourth-order valence-electron chi connectivity index (χ4n) is 2.03. The first-order chi connectivity index (χ1) is 9.48. The third-order valence-corrected chi connectivity index (χ3v) is 5.22. The van der Waals surface area contributed by atoms with Crippen LogP contribution in [-0.4, -0.2) is 36.0 Å². The zero-order valence-corrected chi connectivity index (χ0v) is 13.5. The van der Waals surface area contributed by atoms with Crippen LogP contribution < -0.4 is 5.73 Å². The van der Waals surface area contributed by atoms with Gasteiger partial charge in [0, 0.05) is 30.9 Å². The molecule has 0 aliphatic rings. The number of aromatic amines is 1. The van der Waals surface area contributed by atoms with Crippen molar-refractivity contribution in [3.63, 3.8) is 0 Å². The molecule has 0 aromatic carbocycles. The van der Waals surface area contributed by atoms with Crippen molar-refractivity contribution >= 4 is 10.0 Å². The highest BCUT2D eigenvalue weighted by atomic mass is 32.2. The Morgan fingerprint density at radius 1 is 1.20 bits per heavy atom. The van der Waals surface area contributed by atoms with Crippen molar-refractivity contribution in [2.75, 3.05) is 13.1 Å². The zero-order valence-electron chi connectivity index (χ0n) is 12.6. The van der Waals surface area contributed by atoms with Crippen LogP contribution >= 0.6 is 0 Å². The largest absolute Gasteiger partial charge is 0.326 e. The van der Waals surface area contributed by atoms with E-state index in [0.717, 1.165) is 31.4 Å². The number of hydrogen-bond acceptors (Lipinski definition) is 4. The maximum Gasteiger partial charge on any atom is 0.262 e. The minimum Gasteiger partial charge on any atom is -0.326 e.